The van der Waals surface area contributed by atoms with Gasteiger partial charge in [0.2, 0.25) is 5.91 Å². The van der Waals surface area contributed by atoms with Gasteiger partial charge < -0.3 is 5.32 Å². The van der Waals surface area contributed by atoms with Crippen LogP contribution in [0.15, 0.2) is 70.8 Å². The quantitative estimate of drug-likeness (QED) is 0.563. The molecule has 2 aromatic heterocycles. The first-order valence-electron chi connectivity index (χ1n) is 8.77. The van der Waals surface area contributed by atoms with Crippen molar-refractivity contribution in [1.82, 2.24) is 14.5 Å². The Kier molecular flexibility index (Phi) is 4.83. The molecule has 5 nitrogen and oxygen atoms in total. The number of aromatic nitrogens is 2. The predicted molar refractivity (Wildman–Crippen MR) is 108 cm³/mol. The van der Waals surface area contributed by atoms with Gasteiger partial charge in [-0.05, 0) is 41.3 Å². The molecule has 2 aromatic carbocycles. The van der Waals surface area contributed by atoms with Crippen LogP contribution in [0, 0.1) is 5.82 Å². The van der Waals surface area contributed by atoms with Crippen molar-refractivity contribution in [2.24, 2.45) is 7.05 Å². The largest absolute Gasteiger partial charge is 0.343 e. The third-order valence-electron chi connectivity index (χ3n) is 4.69. The minimum atomic E-state index is -0.404. The second-order valence-corrected chi connectivity index (χ2v) is 7.46. The Hall–Kier alpha value is -3.19. The summed E-state index contributed by atoms with van der Waals surface area (Å²) >= 11 is 1.51. The summed E-state index contributed by atoms with van der Waals surface area (Å²) < 4.78 is 16.3. The minimum absolute atomic E-state index is 0.0940. The maximum absolute atomic E-state index is 13.3. The van der Waals surface area contributed by atoms with Crippen LogP contribution in [0.3, 0.4) is 0 Å². The van der Waals surface area contributed by atoms with Gasteiger partial charge in [-0.15, -0.1) is 11.3 Å². The van der Waals surface area contributed by atoms with Crippen molar-refractivity contribution < 1.29 is 9.18 Å². The third kappa shape index (κ3) is 3.36. The zero-order chi connectivity index (χ0) is 19.7. The number of hydrogen-bond acceptors (Lipinski definition) is 3. The molecule has 1 unspecified atom stereocenters. The van der Waals surface area contributed by atoms with E-state index in [0.717, 1.165) is 16.0 Å². The zero-order valence-electron chi connectivity index (χ0n) is 15.1. The summed E-state index contributed by atoms with van der Waals surface area (Å²) in [5.74, 6) is -0.622. The van der Waals surface area contributed by atoms with E-state index < -0.39 is 6.04 Å². The SMILES string of the molecule is Cn1c(=O)n(CC(=O)NC(c2ccc(F)cc2)c2cccs2)c2ccccc21. The molecule has 0 spiro atoms. The minimum Gasteiger partial charge on any atom is -0.343 e. The fourth-order valence-electron chi connectivity index (χ4n) is 3.30. The van der Waals surface area contributed by atoms with Crippen molar-refractivity contribution in [3.63, 3.8) is 0 Å². The Morgan fingerprint density at radius 3 is 2.46 bits per heavy atom. The number of halogens is 1. The summed E-state index contributed by atoms with van der Waals surface area (Å²) in [5.41, 5.74) is 2.02. The number of imidazole rings is 1. The van der Waals surface area contributed by atoms with Crippen LogP contribution in [0.1, 0.15) is 16.5 Å². The van der Waals surface area contributed by atoms with Crippen LogP contribution in [0.25, 0.3) is 11.0 Å². The number of hydrogen-bond donors (Lipinski definition) is 1. The third-order valence-corrected chi connectivity index (χ3v) is 5.63. The number of carbonyl (C=O) groups excluding carboxylic acids is 1. The molecule has 28 heavy (non-hydrogen) atoms. The molecule has 0 saturated carbocycles. The highest BCUT2D eigenvalue weighted by Crippen LogP contribution is 2.26. The highest BCUT2D eigenvalue weighted by molar-refractivity contribution is 7.10. The molecule has 0 aliphatic heterocycles. The highest BCUT2D eigenvalue weighted by atomic mass is 32.1. The molecular weight excluding hydrogens is 377 g/mol. The van der Waals surface area contributed by atoms with Gasteiger partial charge in [0.05, 0.1) is 17.1 Å². The number of rotatable bonds is 5. The van der Waals surface area contributed by atoms with Gasteiger partial charge in [0.15, 0.2) is 0 Å². The van der Waals surface area contributed by atoms with Gasteiger partial charge in [-0.2, -0.15) is 0 Å². The van der Waals surface area contributed by atoms with Gasteiger partial charge in [-0.25, -0.2) is 9.18 Å². The molecule has 0 bridgehead atoms. The summed E-state index contributed by atoms with van der Waals surface area (Å²) in [4.78, 5) is 26.3. The molecule has 0 aliphatic rings. The predicted octanol–water partition coefficient (Wildman–Crippen LogP) is 3.45. The number of nitrogens with one attached hydrogen (secondary N) is 1. The first-order chi connectivity index (χ1) is 13.5. The van der Waals surface area contributed by atoms with Crippen molar-refractivity contribution >= 4 is 28.3 Å². The van der Waals surface area contributed by atoms with Crippen LogP contribution >= 0.6 is 11.3 Å². The van der Waals surface area contributed by atoms with Gasteiger partial charge in [0.25, 0.3) is 0 Å². The molecule has 0 aliphatic carbocycles. The van der Waals surface area contributed by atoms with Crippen molar-refractivity contribution in [2.45, 2.75) is 12.6 Å². The Labute approximate surface area is 164 Å². The standard InChI is InChI=1S/C21H18FN3O2S/c1-24-16-5-2-3-6-17(16)25(21(24)27)13-19(26)23-20(18-7-4-12-28-18)14-8-10-15(22)11-9-14/h2-12,20H,13H2,1H3,(H,23,26). The van der Waals surface area contributed by atoms with Gasteiger partial charge in [-0.3, -0.25) is 13.9 Å². The lowest BCUT2D eigenvalue weighted by Crippen LogP contribution is -2.35. The van der Waals surface area contributed by atoms with E-state index in [9.17, 15) is 14.0 Å². The maximum Gasteiger partial charge on any atom is 0.329 e. The zero-order valence-corrected chi connectivity index (χ0v) is 15.9. The number of nitrogens with zero attached hydrogens (tertiary/aromatic N) is 2. The molecule has 0 fully saturated rings. The molecule has 4 aromatic rings. The van der Waals surface area contributed by atoms with Crippen LogP contribution < -0.4 is 11.0 Å². The lowest BCUT2D eigenvalue weighted by Gasteiger charge is -2.18. The number of benzene rings is 2. The van der Waals surface area contributed by atoms with Crippen molar-refractivity contribution in [3.8, 4) is 0 Å². The molecule has 4 rings (SSSR count). The Morgan fingerprint density at radius 2 is 1.79 bits per heavy atom. The first-order valence-corrected chi connectivity index (χ1v) is 9.65. The second kappa shape index (κ2) is 7.44. The summed E-state index contributed by atoms with van der Waals surface area (Å²) in [5, 5.41) is 4.91. The fraction of sp³-hybridized carbons (Fsp3) is 0.143. The van der Waals surface area contributed by atoms with Crippen molar-refractivity contribution in [3.05, 3.63) is 92.8 Å². The Balaban J connectivity index is 1.64. The number of aryl methyl sites for hydroxylation is 1. The number of amides is 1. The summed E-state index contributed by atoms with van der Waals surface area (Å²) in [6, 6.07) is 16.8. The normalized spacial score (nSPS) is 12.2. The van der Waals surface area contributed by atoms with Crippen LogP contribution in [0.5, 0.6) is 0 Å². The van der Waals surface area contributed by atoms with Gasteiger partial charge in [-0.1, -0.05) is 30.3 Å². The maximum atomic E-state index is 13.3. The van der Waals surface area contributed by atoms with E-state index in [-0.39, 0.29) is 24.0 Å². The molecule has 7 heteroatoms. The highest BCUT2D eigenvalue weighted by Gasteiger charge is 2.20. The number of carbonyl (C=O) groups is 1. The Bertz CT molecular complexity index is 1180. The summed E-state index contributed by atoms with van der Waals surface area (Å²) in [7, 11) is 1.69. The number of fused-ring (bicyclic) bond motifs is 1. The fourth-order valence-corrected chi connectivity index (χ4v) is 4.10. The Morgan fingerprint density at radius 1 is 1.07 bits per heavy atom. The van der Waals surface area contributed by atoms with Crippen LogP contribution in [0.4, 0.5) is 4.39 Å². The van der Waals surface area contributed by atoms with Crippen LogP contribution in [0.2, 0.25) is 0 Å². The molecule has 2 heterocycles. The first kappa shape index (κ1) is 18.2. The van der Waals surface area contributed by atoms with E-state index in [2.05, 4.69) is 5.32 Å². The summed E-state index contributed by atoms with van der Waals surface area (Å²) in [6.45, 7) is -0.0940. The molecule has 0 saturated heterocycles. The molecule has 1 N–H and O–H groups in total. The number of para-hydroxylation sites is 2. The van der Waals surface area contributed by atoms with Crippen molar-refractivity contribution in [2.75, 3.05) is 0 Å². The lowest BCUT2D eigenvalue weighted by molar-refractivity contribution is -0.122. The smallest absolute Gasteiger partial charge is 0.329 e. The molecule has 1 atom stereocenters. The van der Waals surface area contributed by atoms with Crippen LogP contribution in [-0.4, -0.2) is 15.0 Å². The van der Waals surface area contributed by atoms with E-state index in [4.69, 9.17) is 0 Å². The second-order valence-electron chi connectivity index (χ2n) is 6.48. The topological polar surface area (TPSA) is 56.0 Å². The molecular formula is C21H18FN3O2S. The van der Waals surface area contributed by atoms with Crippen LogP contribution in [-0.2, 0) is 18.4 Å². The molecule has 1 amide bonds. The lowest BCUT2D eigenvalue weighted by atomic mass is 10.1. The van der Waals surface area contributed by atoms with Gasteiger partial charge in [0.1, 0.15) is 12.4 Å². The molecule has 0 radical (unpaired) electrons. The summed E-state index contributed by atoms with van der Waals surface area (Å²) in [6.07, 6.45) is 0. The monoisotopic (exact) mass is 395 g/mol. The molecule has 142 valence electrons. The van der Waals surface area contributed by atoms with E-state index in [1.54, 1.807) is 19.2 Å². The number of thiophene rings is 1. The average Bonchev–Trinajstić information content (AvgIpc) is 3.31. The van der Waals surface area contributed by atoms with E-state index >= 15 is 0 Å². The van der Waals surface area contributed by atoms with E-state index in [1.807, 2.05) is 41.8 Å². The van der Waals surface area contributed by atoms with E-state index in [1.165, 1.54) is 32.6 Å². The van der Waals surface area contributed by atoms with Gasteiger partial charge in [0, 0.05) is 11.9 Å². The van der Waals surface area contributed by atoms with Gasteiger partial charge >= 0.3 is 5.69 Å². The van der Waals surface area contributed by atoms with E-state index in [0.29, 0.717) is 5.52 Å². The van der Waals surface area contributed by atoms with Crippen molar-refractivity contribution in [1.29, 1.82) is 0 Å². The average molecular weight is 395 g/mol.